The summed E-state index contributed by atoms with van der Waals surface area (Å²) in [5.41, 5.74) is 4.64. The molecule has 1 heterocycles. The molecule has 0 radical (unpaired) electrons. The van der Waals surface area contributed by atoms with Crippen LogP contribution < -0.4 is 10.6 Å². The molecule has 3 N–H and O–H groups in total. The van der Waals surface area contributed by atoms with Crippen LogP contribution in [0.2, 0.25) is 0 Å². The molecule has 0 saturated heterocycles. The molecule has 1 aromatic heterocycles. The summed E-state index contributed by atoms with van der Waals surface area (Å²) < 4.78 is 1.41. The van der Waals surface area contributed by atoms with E-state index in [2.05, 4.69) is 15.7 Å². The minimum absolute atomic E-state index is 0.00122. The first-order chi connectivity index (χ1) is 15.5. The van der Waals surface area contributed by atoms with Crippen LogP contribution in [0.15, 0.2) is 48.5 Å². The van der Waals surface area contributed by atoms with E-state index in [9.17, 15) is 14.7 Å². The average molecular weight is 431 g/mol. The number of rotatable bonds is 6. The zero-order valence-electron chi connectivity index (χ0n) is 18.0. The lowest BCUT2D eigenvalue weighted by molar-refractivity contribution is -0.117. The van der Waals surface area contributed by atoms with Crippen molar-refractivity contribution in [3.05, 3.63) is 65.4 Å². The maximum absolute atomic E-state index is 12.9. The van der Waals surface area contributed by atoms with Gasteiger partial charge in [0.25, 0.3) is 0 Å². The highest BCUT2D eigenvalue weighted by Crippen LogP contribution is 2.42. The van der Waals surface area contributed by atoms with Crippen LogP contribution in [0, 0.1) is 12.8 Å². The van der Waals surface area contributed by atoms with Gasteiger partial charge in [0.15, 0.2) is 0 Å². The molecule has 32 heavy (non-hydrogen) atoms. The van der Waals surface area contributed by atoms with Crippen LogP contribution >= 0.6 is 0 Å². The van der Waals surface area contributed by atoms with Crippen LogP contribution in [0.25, 0.3) is 11.3 Å². The second kappa shape index (κ2) is 8.15. The van der Waals surface area contributed by atoms with Gasteiger partial charge in [-0.1, -0.05) is 29.8 Å². The molecule has 0 bridgehead atoms. The van der Waals surface area contributed by atoms with E-state index in [-0.39, 0.29) is 23.6 Å². The van der Waals surface area contributed by atoms with Gasteiger partial charge in [-0.2, -0.15) is 9.78 Å². The predicted molar refractivity (Wildman–Crippen MR) is 121 cm³/mol. The molecule has 2 saturated carbocycles. The highest BCUT2D eigenvalue weighted by molar-refractivity contribution is 5.95. The molecule has 0 atom stereocenters. The Kier molecular flexibility index (Phi) is 5.17. The summed E-state index contributed by atoms with van der Waals surface area (Å²) in [4.78, 5) is 25.0. The number of carbonyl (C=O) groups excluding carboxylic acids is 2. The maximum atomic E-state index is 12.9. The number of phenols is 1. The Morgan fingerprint density at radius 2 is 1.81 bits per heavy atom. The van der Waals surface area contributed by atoms with Gasteiger partial charge in [0.2, 0.25) is 5.91 Å². The standard InChI is InChI=1S/C25H26N4O3/c1-15-2-4-16(5-3-15)14-26-25(32)29-22(17-6-7-17)13-21(28-29)20-12-19(10-11-23(20)30)27-24(31)18-8-9-18/h2-5,10-13,17-18,30H,6-9,14H2,1H3,(H,26,32)(H,27,31). The molecule has 7 nitrogen and oxygen atoms in total. The third-order valence-corrected chi connectivity index (χ3v) is 5.98. The van der Waals surface area contributed by atoms with Crippen molar-refractivity contribution in [3.8, 4) is 17.0 Å². The third-order valence-electron chi connectivity index (χ3n) is 5.98. The van der Waals surface area contributed by atoms with Gasteiger partial charge in [-0.15, -0.1) is 0 Å². The molecule has 2 amide bonds. The maximum Gasteiger partial charge on any atom is 0.342 e. The van der Waals surface area contributed by atoms with E-state index in [0.29, 0.717) is 29.4 Å². The molecule has 2 aliphatic carbocycles. The Labute approximate surface area is 186 Å². The number of amides is 2. The minimum atomic E-state index is -0.295. The van der Waals surface area contributed by atoms with Crippen LogP contribution in [0.4, 0.5) is 10.5 Å². The Morgan fingerprint density at radius 3 is 2.50 bits per heavy atom. The number of aryl methyl sites for hydroxylation is 1. The Morgan fingerprint density at radius 1 is 1.06 bits per heavy atom. The molecule has 2 fully saturated rings. The topological polar surface area (TPSA) is 96.3 Å². The number of hydrogen-bond acceptors (Lipinski definition) is 4. The fourth-order valence-electron chi connectivity index (χ4n) is 3.73. The van der Waals surface area contributed by atoms with E-state index < -0.39 is 0 Å². The van der Waals surface area contributed by atoms with Crippen LogP contribution in [0.1, 0.15) is 48.4 Å². The second-order valence-electron chi connectivity index (χ2n) is 8.78. The number of aromatic nitrogens is 2. The van der Waals surface area contributed by atoms with Gasteiger partial charge >= 0.3 is 6.03 Å². The van der Waals surface area contributed by atoms with Gasteiger partial charge in [-0.3, -0.25) is 4.79 Å². The zero-order chi connectivity index (χ0) is 22.2. The molecular formula is C25H26N4O3. The first kappa shape index (κ1) is 20.3. The Bertz CT molecular complexity index is 1170. The van der Waals surface area contributed by atoms with E-state index in [1.165, 1.54) is 10.2 Å². The second-order valence-corrected chi connectivity index (χ2v) is 8.78. The number of hydrogen-bond donors (Lipinski definition) is 3. The number of aromatic hydroxyl groups is 1. The van der Waals surface area contributed by atoms with Crippen molar-refractivity contribution in [1.82, 2.24) is 15.1 Å². The van der Waals surface area contributed by atoms with Crippen molar-refractivity contribution in [1.29, 1.82) is 0 Å². The number of nitrogens with zero attached hydrogens (tertiary/aromatic N) is 2. The lowest BCUT2D eigenvalue weighted by Gasteiger charge is -2.09. The van der Waals surface area contributed by atoms with Crippen LogP contribution in [0.5, 0.6) is 5.75 Å². The molecule has 3 aromatic rings. The molecule has 5 rings (SSSR count). The fourth-order valence-corrected chi connectivity index (χ4v) is 3.73. The van der Waals surface area contributed by atoms with Gasteiger partial charge in [0.05, 0.1) is 11.4 Å². The first-order valence-corrected chi connectivity index (χ1v) is 11.1. The fraction of sp³-hybridized carbons (Fsp3) is 0.320. The van der Waals surface area contributed by atoms with Crippen molar-refractivity contribution in [2.75, 3.05) is 5.32 Å². The van der Waals surface area contributed by atoms with E-state index in [4.69, 9.17) is 0 Å². The highest BCUT2D eigenvalue weighted by atomic mass is 16.3. The van der Waals surface area contributed by atoms with Crippen LogP contribution in [-0.2, 0) is 11.3 Å². The quantitative estimate of drug-likeness (QED) is 0.500. The Balaban J connectivity index is 1.38. The Hall–Kier alpha value is -3.61. The van der Waals surface area contributed by atoms with Crippen molar-refractivity contribution in [2.45, 2.75) is 45.1 Å². The van der Waals surface area contributed by atoms with Gasteiger partial charge in [-0.05, 0) is 62.4 Å². The van der Waals surface area contributed by atoms with Crippen molar-refractivity contribution < 1.29 is 14.7 Å². The smallest absolute Gasteiger partial charge is 0.342 e. The van der Waals surface area contributed by atoms with Gasteiger partial charge < -0.3 is 15.7 Å². The van der Waals surface area contributed by atoms with Crippen LogP contribution in [-0.4, -0.2) is 26.8 Å². The van der Waals surface area contributed by atoms with Crippen molar-refractivity contribution >= 4 is 17.6 Å². The monoisotopic (exact) mass is 430 g/mol. The molecule has 2 aromatic carbocycles. The van der Waals surface area contributed by atoms with E-state index in [0.717, 1.165) is 36.9 Å². The molecular weight excluding hydrogens is 404 g/mol. The number of anilines is 1. The number of phenolic OH excluding ortho intramolecular Hbond substituents is 1. The lowest BCUT2D eigenvalue weighted by atomic mass is 10.1. The number of carbonyl (C=O) groups is 2. The molecule has 0 unspecified atom stereocenters. The van der Waals surface area contributed by atoms with Gasteiger partial charge in [-0.25, -0.2) is 4.79 Å². The minimum Gasteiger partial charge on any atom is -0.507 e. The average Bonchev–Trinajstić information content (AvgIpc) is 3.72. The molecule has 0 spiro atoms. The summed E-state index contributed by atoms with van der Waals surface area (Å²) in [5.74, 6) is 0.439. The normalized spacial score (nSPS) is 15.4. The van der Waals surface area contributed by atoms with Gasteiger partial charge in [0.1, 0.15) is 5.75 Å². The summed E-state index contributed by atoms with van der Waals surface area (Å²) in [6, 6.07) is 14.5. The summed E-state index contributed by atoms with van der Waals surface area (Å²) in [6.45, 7) is 2.43. The molecule has 2 aliphatic rings. The lowest BCUT2D eigenvalue weighted by Crippen LogP contribution is -2.30. The van der Waals surface area contributed by atoms with Crippen LogP contribution in [0.3, 0.4) is 0 Å². The summed E-state index contributed by atoms with van der Waals surface area (Å²) in [6.07, 6.45) is 3.87. The first-order valence-electron chi connectivity index (χ1n) is 11.1. The summed E-state index contributed by atoms with van der Waals surface area (Å²) in [7, 11) is 0. The molecule has 0 aliphatic heterocycles. The predicted octanol–water partition coefficient (Wildman–Crippen LogP) is 4.55. The highest BCUT2D eigenvalue weighted by Gasteiger charge is 2.31. The van der Waals surface area contributed by atoms with Crippen molar-refractivity contribution in [3.63, 3.8) is 0 Å². The SMILES string of the molecule is Cc1ccc(CNC(=O)n2nc(-c3cc(NC(=O)C4CC4)ccc3O)cc2C2CC2)cc1. The zero-order valence-corrected chi connectivity index (χ0v) is 18.0. The van der Waals surface area contributed by atoms with E-state index in [1.807, 2.05) is 37.3 Å². The van der Waals surface area contributed by atoms with E-state index in [1.54, 1.807) is 18.2 Å². The number of nitrogens with one attached hydrogen (secondary N) is 2. The summed E-state index contributed by atoms with van der Waals surface area (Å²) in [5, 5.41) is 20.8. The number of benzene rings is 2. The molecule has 164 valence electrons. The largest absolute Gasteiger partial charge is 0.507 e. The van der Waals surface area contributed by atoms with E-state index >= 15 is 0 Å². The third kappa shape index (κ3) is 4.37. The molecule has 7 heteroatoms. The van der Waals surface area contributed by atoms with Gasteiger partial charge in [0, 0.05) is 29.6 Å². The summed E-state index contributed by atoms with van der Waals surface area (Å²) >= 11 is 0. The van der Waals surface area contributed by atoms with Crippen molar-refractivity contribution in [2.24, 2.45) is 5.92 Å².